The van der Waals surface area contributed by atoms with Gasteiger partial charge < -0.3 is 4.74 Å². The van der Waals surface area contributed by atoms with E-state index in [0.29, 0.717) is 6.61 Å². The Hall–Kier alpha value is -1.30. The van der Waals surface area contributed by atoms with Crippen molar-refractivity contribution in [2.75, 3.05) is 6.61 Å². The predicted octanol–water partition coefficient (Wildman–Crippen LogP) is 1.41. The van der Waals surface area contributed by atoms with E-state index in [1.54, 1.807) is 6.92 Å². The van der Waals surface area contributed by atoms with Crippen molar-refractivity contribution in [3.63, 3.8) is 0 Å². The van der Waals surface area contributed by atoms with E-state index in [9.17, 15) is 4.79 Å². The largest absolute Gasteiger partial charge is 0.463 e. The number of nitriles is 1. The van der Waals surface area contributed by atoms with Gasteiger partial charge in [-0.05, 0) is 19.8 Å². The highest BCUT2D eigenvalue weighted by atomic mass is 16.5. The third-order valence-corrected chi connectivity index (χ3v) is 1.81. The van der Waals surface area contributed by atoms with E-state index in [2.05, 4.69) is 6.07 Å². The lowest BCUT2D eigenvalue weighted by molar-refractivity contribution is -0.137. The molecule has 0 atom stereocenters. The van der Waals surface area contributed by atoms with Crippen molar-refractivity contribution in [3.05, 3.63) is 11.6 Å². The predicted molar refractivity (Wildman–Crippen MR) is 43.1 cm³/mol. The molecule has 12 heavy (non-hydrogen) atoms. The van der Waals surface area contributed by atoms with Gasteiger partial charge in [0.15, 0.2) is 0 Å². The van der Waals surface area contributed by atoms with E-state index >= 15 is 0 Å². The van der Waals surface area contributed by atoms with Crippen LogP contribution in [0.2, 0.25) is 0 Å². The van der Waals surface area contributed by atoms with E-state index in [-0.39, 0.29) is 11.9 Å². The van der Waals surface area contributed by atoms with Crippen LogP contribution in [0.15, 0.2) is 11.6 Å². The van der Waals surface area contributed by atoms with Gasteiger partial charge in [0.2, 0.25) is 0 Å². The van der Waals surface area contributed by atoms with E-state index in [4.69, 9.17) is 10.00 Å². The maximum atomic E-state index is 10.9. The average molecular weight is 165 g/mol. The first-order chi connectivity index (χ1) is 5.76. The molecular weight excluding hydrogens is 154 g/mol. The summed E-state index contributed by atoms with van der Waals surface area (Å²) in [7, 11) is 0. The van der Waals surface area contributed by atoms with E-state index in [1.165, 1.54) is 6.08 Å². The van der Waals surface area contributed by atoms with Gasteiger partial charge in [0.25, 0.3) is 0 Å². The van der Waals surface area contributed by atoms with Gasteiger partial charge in [-0.25, -0.2) is 4.79 Å². The Bertz CT molecular complexity index is 242. The van der Waals surface area contributed by atoms with Crippen molar-refractivity contribution in [2.24, 2.45) is 5.92 Å². The SMILES string of the molecule is CCOC(=O)C=C1CC(C#N)C1. The highest BCUT2D eigenvalue weighted by molar-refractivity contribution is 5.83. The Morgan fingerprint density at radius 3 is 3.00 bits per heavy atom. The van der Waals surface area contributed by atoms with Crippen molar-refractivity contribution in [1.29, 1.82) is 5.26 Å². The smallest absolute Gasteiger partial charge is 0.330 e. The lowest BCUT2D eigenvalue weighted by Gasteiger charge is -2.22. The van der Waals surface area contributed by atoms with Gasteiger partial charge in [-0.2, -0.15) is 5.26 Å². The molecule has 0 aromatic carbocycles. The molecule has 0 heterocycles. The molecule has 64 valence electrons. The van der Waals surface area contributed by atoms with Crippen LogP contribution in [0.5, 0.6) is 0 Å². The normalized spacial score (nSPS) is 20.7. The molecule has 1 rings (SSSR count). The van der Waals surface area contributed by atoms with Crippen LogP contribution in [0, 0.1) is 17.2 Å². The molecule has 0 saturated heterocycles. The zero-order chi connectivity index (χ0) is 8.97. The lowest BCUT2D eigenvalue weighted by atomic mass is 9.81. The van der Waals surface area contributed by atoms with Crippen LogP contribution in [-0.4, -0.2) is 12.6 Å². The average Bonchev–Trinajstić information content (AvgIpc) is 1.96. The molecule has 1 aliphatic rings. The summed E-state index contributed by atoms with van der Waals surface area (Å²) in [5.41, 5.74) is 1.03. The van der Waals surface area contributed by atoms with Gasteiger partial charge in [-0.3, -0.25) is 0 Å². The number of carbonyl (C=O) groups is 1. The summed E-state index contributed by atoms with van der Waals surface area (Å²) in [4.78, 5) is 10.9. The van der Waals surface area contributed by atoms with Crippen LogP contribution >= 0.6 is 0 Å². The first-order valence-electron chi connectivity index (χ1n) is 4.02. The first kappa shape index (κ1) is 8.79. The molecule has 0 aliphatic heterocycles. The van der Waals surface area contributed by atoms with Crippen molar-refractivity contribution in [2.45, 2.75) is 19.8 Å². The van der Waals surface area contributed by atoms with Gasteiger partial charge in [0.05, 0.1) is 18.6 Å². The number of rotatable bonds is 2. The van der Waals surface area contributed by atoms with Crippen LogP contribution < -0.4 is 0 Å². The van der Waals surface area contributed by atoms with Gasteiger partial charge in [-0.1, -0.05) is 5.57 Å². The fraction of sp³-hybridized carbons (Fsp3) is 0.556. The molecule has 0 spiro atoms. The number of esters is 1. The second kappa shape index (κ2) is 3.91. The van der Waals surface area contributed by atoms with Crippen molar-refractivity contribution in [3.8, 4) is 6.07 Å². The van der Waals surface area contributed by atoms with Crippen molar-refractivity contribution in [1.82, 2.24) is 0 Å². The summed E-state index contributed by atoms with van der Waals surface area (Å²) in [6.07, 6.45) is 2.96. The lowest BCUT2D eigenvalue weighted by Crippen LogP contribution is -2.14. The second-order valence-corrected chi connectivity index (χ2v) is 2.79. The highest BCUT2D eigenvalue weighted by Gasteiger charge is 2.23. The summed E-state index contributed by atoms with van der Waals surface area (Å²) >= 11 is 0. The van der Waals surface area contributed by atoms with Gasteiger partial charge >= 0.3 is 5.97 Å². The van der Waals surface area contributed by atoms with Gasteiger partial charge in [0, 0.05) is 6.08 Å². The molecule has 0 radical (unpaired) electrons. The molecule has 0 bridgehead atoms. The zero-order valence-corrected chi connectivity index (χ0v) is 7.04. The van der Waals surface area contributed by atoms with Gasteiger partial charge in [0.1, 0.15) is 0 Å². The summed E-state index contributed by atoms with van der Waals surface area (Å²) in [6.45, 7) is 2.18. The maximum Gasteiger partial charge on any atom is 0.330 e. The topological polar surface area (TPSA) is 50.1 Å². The minimum absolute atomic E-state index is 0.116. The van der Waals surface area contributed by atoms with Gasteiger partial charge in [-0.15, -0.1) is 0 Å². The summed E-state index contributed by atoms with van der Waals surface area (Å²) in [5.74, 6) is -0.172. The number of carbonyl (C=O) groups excluding carboxylic acids is 1. The molecule has 0 unspecified atom stereocenters. The van der Waals surface area contributed by atoms with E-state index < -0.39 is 0 Å². The maximum absolute atomic E-state index is 10.9. The Morgan fingerprint density at radius 2 is 2.50 bits per heavy atom. The third kappa shape index (κ3) is 2.09. The fourth-order valence-corrected chi connectivity index (χ4v) is 1.13. The molecular formula is C9H11NO2. The second-order valence-electron chi connectivity index (χ2n) is 2.79. The standard InChI is InChI=1S/C9H11NO2/c1-2-12-9(11)5-7-3-8(4-7)6-10/h5,8H,2-4H2,1H3. The number of nitrogens with zero attached hydrogens (tertiary/aromatic N) is 1. The van der Waals surface area contributed by atoms with Crippen molar-refractivity contribution < 1.29 is 9.53 Å². The molecule has 3 heteroatoms. The number of allylic oxidation sites excluding steroid dienone is 1. The van der Waals surface area contributed by atoms with Crippen LogP contribution in [0.1, 0.15) is 19.8 Å². The molecule has 1 aliphatic carbocycles. The van der Waals surface area contributed by atoms with Crippen LogP contribution in [0.3, 0.4) is 0 Å². The van der Waals surface area contributed by atoms with Crippen LogP contribution in [0.25, 0.3) is 0 Å². The zero-order valence-electron chi connectivity index (χ0n) is 7.04. The summed E-state index contributed by atoms with van der Waals surface area (Å²) < 4.78 is 4.72. The van der Waals surface area contributed by atoms with E-state index in [1.807, 2.05) is 0 Å². The molecule has 0 N–H and O–H groups in total. The minimum atomic E-state index is -0.288. The third-order valence-electron chi connectivity index (χ3n) is 1.81. The number of hydrogen-bond donors (Lipinski definition) is 0. The molecule has 1 fully saturated rings. The summed E-state index contributed by atoms with van der Waals surface area (Å²) in [6, 6.07) is 2.14. The quantitative estimate of drug-likeness (QED) is 0.459. The van der Waals surface area contributed by atoms with Crippen molar-refractivity contribution >= 4 is 5.97 Å². The molecule has 0 aromatic heterocycles. The Morgan fingerprint density at radius 1 is 1.83 bits per heavy atom. The number of ether oxygens (including phenoxy) is 1. The molecule has 3 nitrogen and oxygen atoms in total. The van der Waals surface area contributed by atoms with Crippen LogP contribution in [0.4, 0.5) is 0 Å². The monoisotopic (exact) mass is 165 g/mol. The molecule has 0 aromatic rings. The summed E-state index contributed by atoms with van der Waals surface area (Å²) in [5, 5.41) is 8.45. The van der Waals surface area contributed by atoms with Crippen LogP contribution in [-0.2, 0) is 9.53 Å². The van der Waals surface area contributed by atoms with E-state index in [0.717, 1.165) is 18.4 Å². The first-order valence-corrected chi connectivity index (χ1v) is 4.02. The Labute approximate surface area is 71.6 Å². The fourth-order valence-electron chi connectivity index (χ4n) is 1.13. The Kier molecular flexibility index (Phi) is 2.87. The highest BCUT2D eigenvalue weighted by Crippen LogP contribution is 2.31. The number of hydrogen-bond acceptors (Lipinski definition) is 3. The molecule has 1 saturated carbocycles. The molecule has 0 amide bonds. The minimum Gasteiger partial charge on any atom is -0.463 e. The Balaban J connectivity index is 2.32.